The molecule has 330 valence electrons. The van der Waals surface area contributed by atoms with E-state index in [0.717, 1.165) is 56.8 Å². The van der Waals surface area contributed by atoms with Crippen LogP contribution in [0.1, 0.15) is 36.8 Å². The van der Waals surface area contributed by atoms with Crippen molar-refractivity contribution in [1.29, 1.82) is 0 Å². The Kier molecular flexibility index (Phi) is 15.5. The molecule has 0 bridgehead atoms. The third kappa shape index (κ3) is 11.5. The summed E-state index contributed by atoms with van der Waals surface area (Å²) < 4.78 is 40.4. The number of carbonyl (C=O) groups is 1. The highest BCUT2D eigenvalue weighted by Gasteiger charge is 2.26. The Bertz CT molecular complexity index is 2410. The normalized spacial score (nSPS) is 14.4. The summed E-state index contributed by atoms with van der Waals surface area (Å²) in [7, 11) is 1.65. The molecule has 0 unspecified atom stereocenters. The number of halogens is 1. The molecular weight excluding hydrogens is 798 g/mol. The van der Waals surface area contributed by atoms with Crippen molar-refractivity contribution in [2.45, 2.75) is 32.3 Å². The van der Waals surface area contributed by atoms with E-state index in [1.54, 1.807) is 49.9 Å². The lowest BCUT2D eigenvalue weighted by Gasteiger charge is -2.35. The van der Waals surface area contributed by atoms with Gasteiger partial charge >= 0.3 is 0 Å². The SMILES string of the molecule is CC(=O)NCCOCCOCCOCCOCCN1CCN(c2ccc(Nc3cc(-c4cccc(-n5ccc6cc(C7CC7)cc(F)c6c5=O)c4CO)cn(C)c3=O)nc2)CC1. The summed E-state index contributed by atoms with van der Waals surface area (Å²) in [6, 6.07) is 16.0. The molecule has 15 nitrogen and oxygen atoms in total. The van der Waals surface area contributed by atoms with E-state index in [1.165, 1.54) is 22.1 Å². The lowest BCUT2D eigenvalue weighted by Crippen LogP contribution is -2.47. The first-order valence-corrected chi connectivity index (χ1v) is 21.2. The van der Waals surface area contributed by atoms with Crippen LogP contribution in [0.2, 0.25) is 0 Å². The summed E-state index contributed by atoms with van der Waals surface area (Å²) in [6.07, 6.45) is 7.16. The lowest BCUT2D eigenvalue weighted by molar-refractivity contribution is -0.119. The minimum Gasteiger partial charge on any atom is -0.392 e. The number of carbonyl (C=O) groups excluding carboxylic acids is 1. The second-order valence-corrected chi connectivity index (χ2v) is 15.5. The number of fused-ring (bicyclic) bond motifs is 1. The minimum absolute atomic E-state index is 0.0104. The molecule has 62 heavy (non-hydrogen) atoms. The number of aromatic nitrogens is 3. The number of rotatable bonds is 22. The van der Waals surface area contributed by atoms with Gasteiger partial charge in [0.1, 0.15) is 17.3 Å². The molecule has 7 rings (SSSR count). The molecule has 1 aliphatic carbocycles. The second-order valence-electron chi connectivity index (χ2n) is 15.5. The molecule has 1 amide bonds. The van der Waals surface area contributed by atoms with Crippen molar-refractivity contribution in [3.63, 3.8) is 0 Å². The molecule has 0 radical (unpaired) electrons. The zero-order valence-electron chi connectivity index (χ0n) is 35.4. The lowest BCUT2D eigenvalue weighted by atomic mass is 9.98. The average molecular weight is 854 g/mol. The van der Waals surface area contributed by atoms with E-state index in [0.29, 0.717) is 105 Å². The van der Waals surface area contributed by atoms with E-state index < -0.39 is 18.0 Å². The largest absolute Gasteiger partial charge is 0.392 e. The number of hydrogen-bond donors (Lipinski definition) is 3. The minimum atomic E-state index is -0.546. The standard InChI is InChI=1S/C46H56FN7O8/c1-32(56)48-11-18-59-20-22-61-24-25-62-23-21-60-19-17-52-13-15-53(16-14-52)37-8-9-43(49-29-37)50-41-28-36(30-51(2)45(41)57)38-4-3-5-42(39(38)31-55)54-12-10-34-26-35(33-6-7-33)27-40(47)44(34)46(54)58/h3-5,8-10,12,26-30,33,55H,6-7,11,13-25,31H2,1-2H3,(H,48,56)(H,49,50). The van der Waals surface area contributed by atoms with E-state index in [2.05, 4.69) is 25.4 Å². The number of ether oxygens (including phenoxy) is 4. The summed E-state index contributed by atoms with van der Waals surface area (Å²) in [5.74, 6) is 0.233. The maximum atomic E-state index is 15.4. The number of hydrogen-bond acceptors (Lipinski definition) is 12. The summed E-state index contributed by atoms with van der Waals surface area (Å²) >= 11 is 0. The number of aryl methyl sites for hydroxylation is 1. The molecular formula is C46H56FN7O8. The van der Waals surface area contributed by atoms with Crippen LogP contribution in [0.5, 0.6) is 0 Å². The van der Waals surface area contributed by atoms with Gasteiger partial charge in [-0.05, 0) is 71.7 Å². The summed E-state index contributed by atoms with van der Waals surface area (Å²) in [6.45, 7) is 9.89. The number of amides is 1. The van der Waals surface area contributed by atoms with Crippen molar-refractivity contribution in [3.05, 3.63) is 111 Å². The van der Waals surface area contributed by atoms with Crippen LogP contribution in [-0.2, 0) is 37.4 Å². The highest BCUT2D eigenvalue weighted by atomic mass is 19.1. The van der Waals surface area contributed by atoms with Crippen molar-refractivity contribution >= 4 is 33.9 Å². The maximum absolute atomic E-state index is 15.4. The highest BCUT2D eigenvalue weighted by molar-refractivity contribution is 5.84. The van der Waals surface area contributed by atoms with E-state index in [1.807, 2.05) is 24.3 Å². The van der Waals surface area contributed by atoms with Gasteiger partial charge in [0.05, 0.1) is 82.4 Å². The van der Waals surface area contributed by atoms with Crippen LogP contribution in [0.4, 0.5) is 21.6 Å². The van der Waals surface area contributed by atoms with Crippen LogP contribution in [0.25, 0.3) is 27.6 Å². The van der Waals surface area contributed by atoms with Crippen molar-refractivity contribution in [2.75, 3.05) is 102 Å². The molecule has 5 aromatic rings. The maximum Gasteiger partial charge on any atom is 0.274 e. The summed E-state index contributed by atoms with van der Waals surface area (Å²) in [5, 5.41) is 17.1. The first kappa shape index (κ1) is 44.6. The number of aliphatic hydroxyl groups excluding tert-OH is 1. The van der Waals surface area contributed by atoms with E-state index in [9.17, 15) is 19.5 Å². The van der Waals surface area contributed by atoms with Gasteiger partial charge in [0.25, 0.3) is 11.1 Å². The van der Waals surface area contributed by atoms with Crippen LogP contribution < -0.4 is 26.7 Å². The fraction of sp³-hybridized carbons (Fsp3) is 0.435. The molecule has 4 heterocycles. The van der Waals surface area contributed by atoms with Crippen molar-refractivity contribution in [2.24, 2.45) is 7.05 Å². The molecule has 3 N–H and O–H groups in total. The van der Waals surface area contributed by atoms with Gasteiger partial charge in [-0.1, -0.05) is 18.2 Å². The van der Waals surface area contributed by atoms with E-state index in [4.69, 9.17) is 18.9 Å². The van der Waals surface area contributed by atoms with Gasteiger partial charge in [-0.3, -0.25) is 23.9 Å². The molecule has 0 spiro atoms. The molecule has 1 saturated carbocycles. The molecule has 2 fully saturated rings. The number of pyridine rings is 3. The topological polar surface area (TPSA) is 162 Å². The molecule has 16 heteroatoms. The number of nitrogens with one attached hydrogen (secondary N) is 2. The molecule has 2 aromatic carbocycles. The number of anilines is 3. The monoisotopic (exact) mass is 853 g/mol. The van der Waals surface area contributed by atoms with Crippen molar-refractivity contribution in [3.8, 4) is 16.8 Å². The number of aliphatic hydroxyl groups is 1. The fourth-order valence-electron chi connectivity index (χ4n) is 7.65. The quantitative estimate of drug-likeness (QED) is 0.0848. The summed E-state index contributed by atoms with van der Waals surface area (Å²) in [4.78, 5) is 47.2. The Hall–Kier alpha value is -5.49. The van der Waals surface area contributed by atoms with E-state index in [-0.39, 0.29) is 16.9 Å². The first-order chi connectivity index (χ1) is 30.2. The van der Waals surface area contributed by atoms with Crippen LogP contribution in [0.15, 0.2) is 82.8 Å². The average Bonchev–Trinajstić information content (AvgIpc) is 4.13. The second kappa shape index (κ2) is 21.5. The molecule has 3 aromatic heterocycles. The van der Waals surface area contributed by atoms with Gasteiger partial charge in [-0.2, -0.15) is 0 Å². The third-order valence-electron chi connectivity index (χ3n) is 11.1. The van der Waals surface area contributed by atoms with Gasteiger partial charge in [-0.15, -0.1) is 0 Å². The Balaban J connectivity index is 0.881. The molecule has 1 saturated heterocycles. The number of benzene rings is 2. The van der Waals surface area contributed by atoms with Crippen LogP contribution in [0.3, 0.4) is 0 Å². The summed E-state index contributed by atoms with van der Waals surface area (Å²) in [5.41, 5.74) is 3.57. The Morgan fingerprint density at radius 3 is 2.24 bits per heavy atom. The van der Waals surface area contributed by atoms with Gasteiger partial charge in [0.2, 0.25) is 5.91 Å². The third-order valence-corrected chi connectivity index (χ3v) is 11.1. The first-order valence-electron chi connectivity index (χ1n) is 21.2. The van der Waals surface area contributed by atoms with Gasteiger partial charge < -0.3 is 44.2 Å². The van der Waals surface area contributed by atoms with Gasteiger partial charge in [0.15, 0.2) is 0 Å². The van der Waals surface area contributed by atoms with Crippen LogP contribution in [0, 0.1) is 5.82 Å². The highest BCUT2D eigenvalue weighted by Crippen LogP contribution is 2.41. The molecule has 0 atom stereocenters. The zero-order valence-corrected chi connectivity index (χ0v) is 35.4. The van der Waals surface area contributed by atoms with E-state index >= 15 is 4.39 Å². The van der Waals surface area contributed by atoms with Crippen LogP contribution in [-0.4, -0.2) is 122 Å². The van der Waals surface area contributed by atoms with Crippen LogP contribution >= 0.6 is 0 Å². The van der Waals surface area contributed by atoms with Gasteiger partial charge in [-0.25, -0.2) is 9.37 Å². The number of piperazine rings is 1. The predicted octanol–water partition coefficient (Wildman–Crippen LogP) is 4.33. The Labute approximate surface area is 360 Å². The van der Waals surface area contributed by atoms with Gasteiger partial charge in [0, 0.05) is 76.8 Å². The fourth-order valence-corrected chi connectivity index (χ4v) is 7.65. The van der Waals surface area contributed by atoms with Crippen molar-refractivity contribution < 1.29 is 33.2 Å². The zero-order chi connectivity index (χ0) is 43.4. The van der Waals surface area contributed by atoms with Crippen molar-refractivity contribution in [1.82, 2.24) is 24.3 Å². The molecule has 2 aliphatic rings. The Morgan fingerprint density at radius 1 is 0.871 bits per heavy atom. The number of nitrogens with zero attached hydrogens (tertiary/aromatic N) is 5. The smallest absolute Gasteiger partial charge is 0.274 e. The molecule has 1 aliphatic heterocycles. The Morgan fingerprint density at radius 2 is 1.58 bits per heavy atom. The predicted molar refractivity (Wildman–Crippen MR) is 236 cm³/mol.